The maximum atomic E-state index is 12.6. The number of hydrogen-bond donors (Lipinski definition) is 2. The molecule has 4 rings (SSSR count). The number of carboxylic acids is 1. The summed E-state index contributed by atoms with van der Waals surface area (Å²) in [5.74, 6) is -0.131. The summed E-state index contributed by atoms with van der Waals surface area (Å²) in [6.45, 7) is 0.975. The van der Waals surface area contributed by atoms with Crippen LogP contribution in [0.4, 0.5) is 5.82 Å². The van der Waals surface area contributed by atoms with Crippen molar-refractivity contribution in [2.24, 2.45) is 0 Å². The molecule has 3 aromatic rings. The standard InChI is InChI=1S/C25H28N2O4/c28-22(6-2-1-5-21-10-9-18-4-3-12-26-25(18)27-21)14-20(16-24(29)30)19-8-7-17-11-13-31-23(17)15-19/h7-11,13,15,20H,1-6,12,14,16H2,(H,26,27)(H,29,30)/t20-/m1/s1. The zero-order valence-corrected chi connectivity index (χ0v) is 17.6. The molecule has 162 valence electrons. The van der Waals surface area contributed by atoms with E-state index in [2.05, 4.69) is 17.4 Å². The van der Waals surface area contributed by atoms with Crippen molar-refractivity contribution in [3.63, 3.8) is 0 Å². The molecule has 0 saturated carbocycles. The molecule has 0 bridgehead atoms. The Kier molecular flexibility index (Phi) is 6.65. The number of rotatable bonds is 10. The van der Waals surface area contributed by atoms with Gasteiger partial charge in [-0.3, -0.25) is 9.59 Å². The molecule has 1 atom stereocenters. The molecule has 6 heteroatoms. The van der Waals surface area contributed by atoms with Crippen LogP contribution in [0.15, 0.2) is 47.1 Å². The van der Waals surface area contributed by atoms with Crippen LogP contribution in [0.25, 0.3) is 11.0 Å². The molecule has 6 nitrogen and oxygen atoms in total. The first-order chi connectivity index (χ1) is 15.1. The van der Waals surface area contributed by atoms with Crippen LogP contribution in [0.5, 0.6) is 0 Å². The summed E-state index contributed by atoms with van der Waals surface area (Å²) < 4.78 is 5.43. The molecule has 0 amide bonds. The normalized spacial score (nSPS) is 14.1. The summed E-state index contributed by atoms with van der Waals surface area (Å²) in [6.07, 6.45) is 6.98. The van der Waals surface area contributed by atoms with E-state index in [1.165, 1.54) is 5.56 Å². The number of furan rings is 1. The summed E-state index contributed by atoms with van der Waals surface area (Å²) >= 11 is 0. The fourth-order valence-electron chi connectivity index (χ4n) is 4.26. The van der Waals surface area contributed by atoms with E-state index in [-0.39, 0.29) is 24.5 Å². The summed E-state index contributed by atoms with van der Waals surface area (Å²) in [5.41, 5.74) is 3.88. The number of aliphatic carboxylic acids is 1. The molecule has 1 aromatic carbocycles. The second-order valence-corrected chi connectivity index (χ2v) is 8.30. The molecule has 0 saturated heterocycles. The Morgan fingerprint density at radius 2 is 2.03 bits per heavy atom. The van der Waals surface area contributed by atoms with Gasteiger partial charge in [-0.25, -0.2) is 4.98 Å². The maximum absolute atomic E-state index is 12.6. The van der Waals surface area contributed by atoms with Crippen LogP contribution in [0.3, 0.4) is 0 Å². The van der Waals surface area contributed by atoms with Crippen molar-refractivity contribution < 1.29 is 19.1 Å². The highest BCUT2D eigenvalue weighted by Crippen LogP contribution is 2.28. The number of aryl methyl sites for hydroxylation is 2. The maximum Gasteiger partial charge on any atom is 0.303 e. The van der Waals surface area contributed by atoms with Gasteiger partial charge in [0, 0.05) is 36.4 Å². The van der Waals surface area contributed by atoms with Gasteiger partial charge in [0.2, 0.25) is 0 Å². The summed E-state index contributed by atoms with van der Waals surface area (Å²) in [4.78, 5) is 28.6. The lowest BCUT2D eigenvalue weighted by atomic mass is 9.89. The summed E-state index contributed by atoms with van der Waals surface area (Å²) in [5, 5.41) is 13.6. The van der Waals surface area contributed by atoms with Crippen molar-refractivity contribution >= 4 is 28.5 Å². The van der Waals surface area contributed by atoms with Gasteiger partial charge in [-0.1, -0.05) is 18.2 Å². The molecule has 1 aliphatic rings. The zero-order valence-electron chi connectivity index (χ0n) is 17.6. The van der Waals surface area contributed by atoms with Crippen molar-refractivity contribution in [1.82, 2.24) is 4.98 Å². The highest BCUT2D eigenvalue weighted by atomic mass is 16.4. The van der Waals surface area contributed by atoms with Crippen molar-refractivity contribution in [3.05, 3.63) is 59.5 Å². The second kappa shape index (κ2) is 9.77. The van der Waals surface area contributed by atoms with Crippen LogP contribution in [0.2, 0.25) is 0 Å². The third-order valence-electron chi connectivity index (χ3n) is 5.94. The van der Waals surface area contributed by atoms with E-state index >= 15 is 0 Å². The van der Waals surface area contributed by atoms with Crippen LogP contribution in [-0.2, 0) is 22.4 Å². The largest absolute Gasteiger partial charge is 0.481 e. The first-order valence-corrected chi connectivity index (χ1v) is 11.0. The number of fused-ring (bicyclic) bond motifs is 2. The molecule has 31 heavy (non-hydrogen) atoms. The Bertz CT molecular complexity index is 1070. The molecule has 0 fully saturated rings. The average Bonchev–Trinajstić information content (AvgIpc) is 3.24. The zero-order chi connectivity index (χ0) is 21.6. The predicted octanol–water partition coefficient (Wildman–Crippen LogP) is 5.12. The lowest BCUT2D eigenvalue weighted by molar-refractivity contribution is -0.137. The Morgan fingerprint density at radius 1 is 1.13 bits per heavy atom. The van der Waals surface area contributed by atoms with E-state index in [9.17, 15) is 14.7 Å². The lowest BCUT2D eigenvalue weighted by Crippen LogP contribution is -2.14. The van der Waals surface area contributed by atoms with E-state index in [1.807, 2.05) is 24.3 Å². The number of pyridine rings is 1. The molecule has 0 aliphatic carbocycles. The number of nitrogens with one attached hydrogen (secondary N) is 1. The molecular formula is C25H28N2O4. The van der Waals surface area contributed by atoms with Crippen LogP contribution in [-0.4, -0.2) is 28.4 Å². The highest BCUT2D eigenvalue weighted by molar-refractivity contribution is 5.82. The van der Waals surface area contributed by atoms with Crippen molar-refractivity contribution in [3.8, 4) is 0 Å². The van der Waals surface area contributed by atoms with E-state index in [0.717, 1.165) is 61.1 Å². The number of carboxylic acid groups (broad SMARTS) is 1. The molecule has 2 aromatic heterocycles. The topological polar surface area (TPSA) is 92.4 Å². The number of carbonyl (C=O) groups excluding carboxylic acids is 1. The number of nitrogens with zero attached hydrogens (tertiary/aromatic N) is 1. The second-order valence-electron chi connectivity index (χ2n) is 8.30. The third-order valence-corrected chi connectivity index (χ3v) is 5.94. The molecule has 0 spiro atoms. The van der Waals surface area contributed by atoms with Crippen molar-refractivity contribution in [2.75, 3.05) is 11.9 Å². The van der Waals surface area contributed by atoms with Gasteiger partial charge < -0.3 is 14.8 Å². The van der Waals surface area contributed by atoms with E-state index in [4.69, 9.17) is 9.40 Å². The number of ketones is 1. The van der Waals surface area contributed by atoms with Crippen LogP contribution in [0, 0.1) is 0 Å². The Hall–Kier alpha value is -3.15. The van der Waals surface area contributed by atoms with Gasteiger partial charge >= 0.3 is 5.97 Å². The Morgan fingerprint density at radius 3 is 2.90 bits per heavy atom. The first-order valence-electron chi connectivity index (χ1n) is 11.0. The first kappa shape index (κ1) is 21.1. The molecular weight excluding hydrogens is 392 g/mol. The predicted molar refractivity (Wildman–Crippen MR) is 119 cm³/mol. The van der Waals surface area contributed by atoms with Gasteiger partial charge in [0.25, 0.3) is 0 Å². The van der Waals surface area contributed by atoms with E-state index in [1.54, 1.807) is 6.26 Å². The van der Waals surface area contributed by atoms with Crippen molar-refractivity contribution in [2.45, 2.75) is 57.3 Å². The van der Waals surface area contributed by atoms with Gasteiger partial charge in [0.1, 0.15) is 17.2 Å². The van der Waals surface area contributed by atoms with Gasteiger partial charge in [-0.2, -0.15) is 0 Å². The lowest BCUT2D eigenvalue weighted by Gasteiger charge is -2.17. The van der Waals surface area contributed by atoms with Gasteiger partial charge in [-0.15, -0.1) is 0 Å². The fourth-order valence-corrected chi connectivity index (χ4v) is 4.26. The number of benzene rings is 1. The smallest absolute Gasteiger partial charge is 0.303 e. The van der Waals surface area contributed by atoms with Gasteiger partial charge in [0.15, 0.2) is 0 Å². The minimum Gasteiger partial charge on any atom is -0.481 e. The van der Waals surface area contributed by atoms with Gasteiger partial charge in [-0.05, 0) is 61.4 Å². The molecule has 0 radical (unpaired) electrons. The SMILES string of the molecule is O=C(O)C[C@@H](CC(=O)CCCCc1ccc2c(n1)NCCC2)c1ccc2ccoc2c1. The van der Waals surface area contributed by atoms with Crippen LogP contribution < -0.4 is 5.32 Å². The number of Topliss-reactive ketones (excluding diaryl/α,β-unsaturated/α-hetero) is 1. The number of carbonyl (C=O) groups is 2. The highest BCUT2D eigenvalue weighted by Gasteiger charge is 2.20. The summed E-state index contributed by atoms with van der Waals surface area (Å²) in [7, 11) is 0. The minimum atomic E-state index is -0.899. The monoisotopic (exact) mass is 420 g/mol. The number of aromatic nitrogens is 1. The number of unbranched alkanes of at least 4 members (excludes halogenated alkanes) is 1. The number of anilines is 1. The van der Waals surface area contributed by atoms with Crippen molar-refractivity contribution in [1.29, 1.82) is 0 Å². The third kappa shape index (κ3) is 5.51. The van der Waals surface area contributed by atoms with Gasteiger partial charge in [0.05, 0.1) is 12.7 Å². The van der Waals surface area contributed by atoms with E-state index in [0.29, 0.717) is 12.0 Å². The van der Waals surface area contributed by atoms with Crippen LogP contribution in [0.1, 0.15) is 61.3 Å². The molecule has 3 heterocycles. The molecule has 1 aliphatic heterocycles. The number of hydrogen-bond acceptors (Lipinski definition) is 5. The molecule has 0 unspecified atom stereocenters. The quantitative estimate of drug-likeness (QED) is 0.443. The summed E-state index contributed by atoms with van der Waals surface area (Å²) in [6, 6.07) is 11.8. The minimum absolute atomic E-state index is 0.0655. The molecule has 2 N–H and O–H groups in total. The average molecular weight is 421 g/mol. The Labute approximate surface area is 181 Å². The van der Waals surface area contributed by atoms with Crippen LogP contribution >= 0.6 is 0 Å². The van der Waals surface area contributed by atoms with E-state index < -0.39 is 5.97 Å². The fraction of sp³-hybridized carbons (Fsp3) is 0.400. The Balaban J connectivity index is 1.29.